The molecule has 0 aliphatic rings. The monoisotopic (exact) mass is 197 g/mol. The zero-order chi connectivity index (χ0) is 10.2. The highest BCUT2D eigenvalue weighted by Gasteiger charge is 2.68. The molecule has 0 saturated carbocycles. The van der Waals surface area contributed by atoms with E-state index in [1.807, 2.05) is 0 Å². The van der Waals surface area contributed by atoms with Crippen molar-refractivity contribution in [2.75, 3.05) is 0 Å². The molecule has 0 aliphatic heterocycles. The van der Waals surface area contributed by atoms with Crippen molar-refractivity contribution in [3.63, 3.8) is 0 Å². The normalized spacial score (nSPS) is 15.0. The smallest absolute Gasteiger partial charge is 0.297 e. The Balaban J connectivity index is 4.95. The van der Waals surface area contributed by atoms with E-state index >= 15 is 0 Å². The molecule has 3 nitrogen and oxygen atoms in total. The van der Waals surface area contributed by atoms with Gasteiger partial charge in [0, 0.05) is 0 Å². The Kier molecular flexibility index (Phi) is 2.62. The first-order valence-corrected chi connectivity index (χ1v) is 2.46. The van der Waals surface area contributed by atoms with Gasteiger partial charge in [-0.3, -0.25) is 11.6 Å². The molecule has 0 aromatic rings. The number of nitrogens with two attached hydrogens (primary N) is 2. The number of hydrogen-bond donors (Lipinski definition) is 3. The SMILES string of the molecule is NNC(N)(C(F)(F)F)C(F)(F)F. The van der Waals surface area contributed by atoms with Crippen molar-refractivity contribution in [3.8, 4) is 0 Å². The summed E-state index contributed by atoms with van der Waals surface area (Å²) in [6.07, 6.45) is -11.4. The molecule has 0 bridgehead atoms. The lowest BCUT2D eigenvalue weighted by molar-refractivity contribution is -0.306. The van der Waals surface area contributed by atoms with Crippen LogP contribution in [-0.2, 0) is 0 Å². The van der Waals surface area contributed by atoms with Crippen LogP contribution in [0.5, 0.6) is 0 Å². The Morgan fingerprint density at radius 1 is 0.833 bits per heavy atom. The molecule has 0 rings (SSSR count). The van der Waals surface area contributed by atoms with Crippen LogP contribution in [0.4, 0.5) is 26.3 Å². The minimum Gasteiger partial charge on any atom is -0.297 e. The van der Waals surface area contributed by atoms with Gasteiger partial charge in [0.25, 0.3) is 5.66 Å². The van der Waals surface area contributed by atoms with Gasteiger partial charge in [0.2, 0.25) is 0 Å². The van der Waals surface area contributed by atoms with Gasteiger partial charge < -0.3 is 0 Å². The molecular formula is C3H5F6N3. The summed E-state index contributed by atoms with van der Waals surface area (Å²) >= 11 is 0. The van der Waals surface area contributed by atoms with Gasteiger partial charge in [0.15, 0.2) is 0 Å². The summed E-state index contributed by atoms with van der Waals surface area (Å²) in [7, 11) is 0. The van der Waals surface area contributed by atoms with Gasteiger partial charge in [-0.1, -0.05) is 0 Å². The van der Waals surface area contributed by atoms with Gasteiger partial charge in [-0.05, 0) is 0 Å². The van der Waals surface area contributed by atoms with Crippen LogP contribution in [0.1, 0.15) is 0 Å². The molecule has 0 aliphatic carbocycles. The lowest BCUT2D eigenvalue weighted by atomic mass is 10.2. The van der Waals surface area contributed by atoms with Crippen molar-refractivity contribution in [1.82, 2.24) is 5.43 Å². The first-order chi connectivity index (χ1) is 5.06. The molecule has 0 spiro atoms. The summed E-state index contributed by atoms with van der Waals surface area (Å²) in [6.45, 7) is 0. The first kappa shape index (κ1) is 11.5. The first-order valence-electron chi connectivity index (χ1n) is 2.46. The lowest BCUT2D eigenvalue weighted by Gasteiger charge is -2.32. The summed E-state index contributed by atoms with van der Waals surface area (Å²) in [6, 6.07) is 0. The van der Waals surface area contributed by atoms with Gasteiger partial charge in [0.05, 0.1) is 0 Å². The summed E-state index contributed by atoms with van der Waals surface area (Å²) in [5.41, 5.74) is -0.104. The molecule has 0 saturated heterocycles. The van der Waals surface area contributed by atoms with E-state index in [9.17, 15) is 26.3 Å². The van der Waals surface area contributed by atoms with E-state index in [0.29, 0.717) is 5.43 Å². The number of hydrogen-bond acceptors (Lipinski definition) is 3. The van der Waals surface area contributed by atoms with Gasteiger partial charge in [-0.2, -0.15) is 26.3 Å². The van der Waals surface area contributed by atoms with Crippen LogP contribution in [0.3, 0.4) is 0 Å². The molecule has 0 aromatic carbocycles. The second-order valence-electron chi connectivity index (χ2n) is 1.95. The third-order valence-electron chi connectivity index (χ3n) is 1.12. The third-order valence-corrected chi connectivity index (χ3v) is 1.12. The highest BCUT2D eigenvalue weighted by Crippen LogP contribution is 2.38. The highest BCUT2D eigenvalue weighted by atomic mass is 19.4. The van der Waals surface area contributed by atoms with E-state index in [1.54, 1.807) is 0 Å². The van der Waals surface area contributed by atoms with Crippen molar-refractivity contribution < 1.29 is 26.3 Å². The van der Waals surface area contributed by atoms with Crippen LogP contribution in [0.25, 0.3) is 0 Å². The van der Waals surface area contributed by atoms with Gasteiger partial charge in [-0.15, -0.1) is 0 Å². The van der Waals surface area contributed by atoms with Crippen molar-refractivity contribution >= 4 is 0 Å². The minimum atomic E-state index is -5.69. The topological polar surface area (TPSA) is 64.1 Å². The van der Waals surface area contributed by atoms with E-state index < -0.39 is 18.0 Å². The van der Waals surface area contributed by atoms with Crippen LogP contribution < -0.4 is 17.0 Å². The molecule has 0 fully saturated rings. The average molecular weight is 197 g/mol. The summed E-state index contributed by atoms with van der Waals surface area (Å²) in [5.74, 6) is 4.06. The Morgan fingerprint density at radius 2 is 1.08 bits per heavy atom. The quantitative estimate of drug-likeness (QED) is 0.244. The number of halogens is 6. The fourth-order valence-corrected chi connectivity index (χ4v) is 0.324. The molecule has 12 heavy (non-hydrogen) atoms. The predicted octanol–water partition coefficient (Wildman–Crippen LogP) is 0.229. The fourth-order valence-electron chi connectivity index (χ4n) is 0.324. The van der Waals surface area contributed by atoms with Crippen LogP contribution in [0.2, 0.25) is 0 Å². The zero-order valence-electron chi connectivity index (χ0n) is 5.42. The molecule has 9 heteroatoms. The molecule has 0 unspecified atom stereocenters. The summed E-state index contributed by atoms with van der Waals surface area (Å²) in [4.78, 5) is 0. The van der Waals surface area contributed by atoms with Crippen molar-refractivity contribution in [3.05, 3.63) is 0 Å². The lowest BCUT2D eigenvalue weighted by Crippen LogP contribution is -2.74. The molecular weight excluding hydrogens is 192 g/mol. The van der Waals surface area contributed by atoms with Gasteiger partial charge >= 0.3 is 12.4 Å². The van der Waals surface area contributed by atoms with E-state index in [-0.39, 0.29) is 0 Å². The van der Waals surface area contributed by atoms with E-state index in [4.69, 9.17) is 0 Å². The van der Waals surface area contributed by atoms with E-state index in [2.05, 4.69) is 11.6 Å². The summed E-state index contributed by atoms with van der Waals surface area (Å²) in [5, 5.41) is 0. The second-order valence-corrected chi connectivity index (χ2v) is 1.95. The van der Waals surface area contributed by atoms with Crippen LogP contribution >= 0.6 is 0 Å². The summed E-state index contributed by atoms with van der Waals surface area (Å²) < 4.78 is 69.7. The predicted molar refractivity (Wildman–Crippen MR) is 26.4 cm³/mol. The number of alkyl halides is 6. The Morgan fingerprint density at radius 3 is 1.08 bits per heavy atom. The van der Waals surface area contributed by atoms with Gasteiger partial charge in [0.1, 0.15) is 0 Å². The largest absolute Gasteiger partial charge is 0.430 e. The van der Waals surface area contributed by atoms with Crippen LogP contribution in [0.15, 0.2) is 0 Å². The average Bonchev–Trinajstić information content (AvgIpc) is 1.81. The molecule has 0 amide bonds. The van der Waals surface area contributed by atoms with Crippen LogP contribution in [-0.4, -0.2) is 18.0 Å². The highest BCUT2D eigenvalue weighted by molar-refractivity contribution is 4.94. The third kappa shape index (κ3) is 1.62. The molecule has 74 valence electrons. The van der Waals surface area contributed by atoms with Crippen LogP contribution in [0, 0.1) is 0 Å². The standard InChI is InChI=1S/C3H5F6N3/c4-2(5,6)1(10,12-11)3(7,8)9/h12H,10-11H2. The van der Waals surface area contributed by atoms with Crippen molar-refractivity contribution in [2.45, 2.75) is 18.0 Å². The van der Waals surface area contributed by atoms with Crippen molar-refractivity contribution in [1.29, 1.82) is 0 Å². The molecule has 0 aromatic heterocycles. The molecule has 0 heterocycles. The maximum Gasteiger partial charge on any atom is 0.430 e. The maximum absolute atomic E-state index is 11.6. The maximum atomic E-state index is 11.6. The number of rotatable bonds is 1. The Bertz CT molecular complexity index is 144. The van der Waals surface area contributed by atoms with Crippen molar-refractivity contribution in [2.24, 2.45) is 11.6 Å². The second kappa shape index (κ2) is 2.75. The molecule has 5 N–H and O–H groups in total. The number of nitrogens with one attached hydrogen (secondary N) is 1. The fraction of sp³-hybridized carbons (Fsp3) is 1.00. The van der Waals surface area contributed by atoms with E-state index in [1.165, 1.54) is 0 Å². The Hall–Kier alpha value is -0.540. The zero-order valence-corrected chi connectivity index (χ0v) is 5.42. The number of hydrazine groups is 1. The molecule has 0 radical (unpaired) electrons. The van der Waals surface area contributed by atoms with E-state index in [0.717, 1.165) is 0 Å². The minimum absolute atomic E-state index is 0.486. The Labute approximate surface area is 62.7 Å². The van der Waals surface area contributed by atoms with Gasteiger partial charge in [-0.25, -0.2) is 5.43 Å². The molecule has 0 atom stereocenters.